The first-order valence-electron chi connectivity index (χ1n) is 6.05. The van der Waals surface area contributed by atoms with Gasteiger partial charge in [0.1, 0.15) is 17.4 Å². The first-order valence-corrected chi connectivity index (χ1v) is 6.80. The monoisotopic (exact) mass is 290 g/mol. The van der Waals surface area contributed by atoms with E-state index in [1.165, 1.54) is 0 Å². The number of aromatic nitrogens is 1. The Bertz CT molecular complexity index is 409. The van der Waals surface area contributed by atoms with Crippen LogP contribution >= 0.6 is 23.2 Å². The van der Waals surface area contributed by atoms with E-state index >= 15 is 0 Å². The lowest BCUT2D eigenvalue weighted by Crippen LogP contribution is -2.17. The van der Waals surface area contributed by atoms with Gasteiger partial charge in [-0.05, 0) is 25.8 Å². The van der Waals surface area contributed by atoms with E-state index in [-0.39, 0.29) is 6.10 Å². The minimum atomic E-state index is 0.140. The minimum absolute atomic E-state index is 0.140. The summed E-state index contributed by atoms with van der Waals surface area (Å²) >= 11 is 12.1. The maximum Gasteiger partial charge on any atom is 0.234 e. The topological polar surface area (TPSA) is 43.4 Å². The highest BCUT2D eigenvalue weighted by Gasteiger charge is 2.18. The maximum absolute atomic E-state index is 6.05. The number of pyridine rings is 1. The van der Waals surface area contributed by atoms with E-state index in [0.717, 1.165) is 26.0 Å². The van der Waals surface area contributed by atoms with Crippen LogP contribution in [-0.2, 0) is 4.74 Å². The summed E-state index contributed by atoms with van der Waals surface area (Å²) in [6, 6.07) is 1.64. The fourth-order valence-corrected chi connectivity index (χ4v) is 2.27. The van der Waals surface area contributed by atoms with Crippen LogP contribution in [0.3, 0.4) is 0 Å². The minimum Gasteiger partial charge on any atom is -0.474 e. The van der Waals surface area contributed by atoms with E-state index < -0.39 is 0 Å². The second-order valence-electron chi connectivity index (χ2n) is 4.08. The Balaban J connectivity index is 2.03. The molecule has 1 aliphatic rings. The van der Waals surface area contributed by atoms with Gasteiger partial charge in [-0.3, -0.25) is 0 Å². The van der Waals surface area contributed by atoms with Crippen LogP contribution in [0, 0.1) is 0 Å². The Hall–Kier alpha value is -0.710. The highest BCUT2D eigenvalue weighted by atomic mass is 35.5. The van der Waals surface area contributed by atoms with Crippen LogP contribution in [-0.4, -0.2) is 30.8 Å². The molecule has 1 atom stereocenters. The average Bonchev–Trinajstić information content (AvgIpc) is 2.84. The summed E-state index contributed by atoms with van der Waals surface area (Å²) in [6.07, 6.45) is 2.24. The Morgan fingerprint density at radius 3 is 3.00 bits per heavy atom. The van der Waals surface area contributed by atoms with Crippen LogP contribution in [0.25, 0.3) is 0 Å². The smallest absolute Gasteiger partial charge is 0.234 e. The van der Waals surface area contributed by atoms with Gasteiger partial charge in [-0.2, -0.15) is 4.98 Å². The first-order chi connectivity index (χ1) is 8.70. The van der Waals surface area contributed by atoms with E-state index in [1.54, 1.807) is 6.07 Å². The van der Waals surface area contributed by atoms with Crippen molar-refractivity contribution in [2.45, 2.75) is 25.9 Å². The van der Waals surface area contributed by atoms with Gasteiger partial charge < -0.3 is 14.8 Å². The molecule has 1 fully saturated rings. The zero-order valence-corrected chi connectivity index (χ0v) is 11.7. The molecule has 0 bridgehead atoms. The van der Waals surface area contributed by atoms with Crippen LogP contribution in [0.4, 0.5) is 5.82 Å². The fraction of sp³-hybridized carbons (Fsp3) is 0.583. The van der Waals surface area contributed by atoms with E-state index in [0.29, 0.717) is 28.3 Å². The van der Waals surface area contributed by atoms with Gasteiger partial charge in [-0.25, -0.2) is 0 Å². The van der Waals surface area contributed by atoms with Crippen molar-refractivity contribution in [1.82, 2.24) is 4.98 Å². The number of anilines is 1. The van der Waals surface area contributed by atoms with Crippen molar-refractivity contribution in [2.24, 2.45) is 0 Å². The van der Waals surface area contributed by atoms with Crippen molar-refractivity contribution in [3.05, 3.63) is 16.1 Å². The molecule has 2 heterocycles. The third kappa shape index (κ3) is 3.40. The molecule has 1 aromatic rings. The van der Waals surface area contributed by atoms with E-state index in [1.807, 2.05) is 6.92 Å². The predicted molar refractivity (Wildman–Crippen MR) is 72.9 cm³/mol. The number of hydrogen-bond acceptors (Lipinski definition) is 4. The van der Waals surface area contributed by atoms with Crippen molar-refractivity contribution in [1.29, 1.82) is 0 Å². The molecule has 1 saturated heterocycles. The van der Waals surface area contributed by atoms with Crippen molar-refractivity contribution in [3.63, 3.8) is 0 Å². The molecule has 1 aliphatic heterocycles. The summed E-state index contributed by atoms with van der Waals surface area (Å²) in [5.74, 6) is 0.985. The lowest BCUT2D eigenvalue weighted by Gasteiger charge is -2.13. The van der Waals surface area contributed by atoms with E-state index in [4.69, 9.17) is 32.7 Å². The summed E-state index contributed by atoms with van der Waals surface area (Å²) in [5, 5.41) is 3.97. The molecule has 1 unspecified atom stereocenters. The molecule has 1 N–H and O–H groups in total. The number of ether oxygens (including phenoxy) is 2. The molecule has 0 aromatic carbocycles. The van der Waals surface area contributed by atoms with Crippen LogP contribution in [0.1, 0.15) is 19.8 Å². The fourth-order valence-electron chi connectivity index (χ4n) is 1.79. The van der Waals surface area contributed by atoms with Crippen LogP contribution in [0.2, 0.25) is 10.0 Å². The van der Waals surface area contributed by atoms with Gasteiger partial charge >= 0.3 is 0 Å². The standard InChI is InChI=1S/C12H16Cl2N2O2/c1-2-15-11-9(13)6-10(14)12(16-11)18-7-8-4-3-5-17-8/h6,8H,2-5,7H2,1H3,(H,15,16). The molecule has 0 spiro atoms. The summed E-state index contributed by atoms with van der Waals surface area (Å²) in [5.41, 5.74) is 0. The summed E-state index contributed by atoms with van der Waals surface area (Å²) in [7, 11) is 0. The summed E-state index contributed by atoms with van der Waals surface area (Å²) in [6.45, 7) is 3.98. The highest BCUT2D eigenvalue weighted by molar-refractivity contribution is 6.36. The van der Waals surface area contributed by atoms with Gasteiger partial charge in [0, 0.05) is 13.2 Å². The summed E-state index contributed by atoms with van der Waals surface area (Å²) in [4.78, 5) is 4.27. The first kappa shape index (κ1) is 13.7. The number of rotatable bonds is 5. The molecule has 0 amide bonds. The van der Waals surface area contributed by atoms with Crippen molar-refractivity contribution in [3.8, 4) is 5.88 Å². The van der Waals surface area contributed by atoms with Gasteiger partial charge in [-0.15, -0.1) is 0 Å². The normalized spacial score (nSPS) is 18.9. The van der Waals surface area contributed by atoms with E-state index in [2.05, 4.69) is 10.3 Å². The lowest BCUT2D eigenvalue weighted by molar-refractivity contribution is 0.0664. The number of hydrogen-bond donors (Lipinski definition) is 1. The van der Waals surface area contributed by atoms with Gasteiger partial charge in [0.2, 0.25) is 5.88 Å². The van der Waals surface area contributed by atoms with Crippen molar-refractivity contribution >= 4 is 29.0 Å². The SMILES string of the molecule is CCNc1nc(OCC2CCCO2)c(Cl)cc1Cl. The maximum atomic E-state index is 6.05. The third-order valence-electron chi connectivity index (χ3n) is 2.67. The number of nitrogens with one attached hydrogen (secondary N) is 1. The molecule has 4 nitrogen and oxygen atoms in total. The van der Waals surface area contributed by atoms with Gasteiger partial charge in [0.05, 0.1) is 11.1 Å². The molecule has 0 aliphatic carbocycles. The molecule has 1 aromatic heterocycles. The molecule has 0 radical (unpaired) electrons. The zero-order chi connectivity index (χ0) is 13.0. The third-order valence-corrected chi connectivity index (χ3v) is 3.23. The Kier molecular flexibility index (Phi) is 4.92. The van der Waals surface area contributed by atoms with E-state index in [9.17, 15) is 0 Å². The second kappa shape index (κ2) is 6.45. The van der Waals surface area contributed by atoms with Gasteiger partial charge in [0.15, 0.2) is 0 Å². The van der Waals surface area contributed by atoms with Crippen LogP contribution in [0.5, 0.6) is 5.88 Å². The molecular weight excluding hydrogens is 275 g/mol. The van der Waals surface area contributed by atoms with Gasteiger partial charge in [0.25, 0.3) is 0 Å². The second-order valence-corrected chi connectivity index (χ2v) is 4.90. The molecule has 2 rings (SSSR count). The molecule has 6 heteroatoms. The van der Waals surface area contributed by atoms with Crippen LogP contribution in [0.15, 0.2) is 6.07 Å². The molecule has 0 saturated carbocycles. The Morgan fingerprint density at radius 1 is 1.50 bits per heavy atom. The lowest BCUT2D eigenvalue weighted by atomic mass is 10.2. The van der Waals surface area contributed by atoms with Crippen LogP contribution < -0.4 is 10.1 Å². The summed E-state index contributed by atoms with van der Waals surface area (Å²) < 4.78 is 11.1. The molecular formula is C12H16Cl2N2O2. The van der Waals surface area contributed by atoms with Crippen molar-refractivity contribution in [2.75, 3.05) is 25.1 Å². The largest absolute Gasteiger partial charge is 0.474 e. The molecule has 100 valence electrons. The zero-order valence-electron chi connectivity index (χ0n) is 10.2. The van der Waals surface area contributed by atoms with Gasteiger partial charge in [-0.1, -0.05) is 23.2 Å². The highest BCUT2D eigenvalue weighted by Crippen LogP contribution is 2.31. The molecule has 18 heavy (non-hydrogen) atoms. The quantitative estimate of drug-likeness (QED) is 0.903. The number of halogens is 2. The Morgan fingerprint density at radius 2 is 2.33 bits per heavy atom. The number of nitrogens with zero attached hydrogens (tertiary/aromatic N) is 1. The predicted octanol–water partition coefficient (Wildman–Crippen LogP) is 3.38. The van der Waals surface area contributed by atoms with Crippen molar-refractivity contribution < 1.29 is 9.47 Å². The Labute approximate surface area is 117 Å². The average molecular weight is 291 g/mol.